The van der Waals surface area contributed by atoms with Crippen molar-refractivity contribution in [2.24, 2.45) is 0 Å². The summed E-state index contributed by atoms with van der Waals surface area (Å²) in [6.45, 7) is 4.80. The summed E-state index contributed by atoms with van der Waals surface area (Å²) in [6.07, 6.45) is 0. The van der Waals surface area contributed by atoms with Gasteiger partial charge in [0.2, 0.25) is 5.91 Å². The number of hydrogen-bond acceptors (Lipinski definition) is 4. The van der Waals surface area contributed by atoms with Crippen molar-refractivity contribution in [1.82, 2.24) is 4.90 Å². The molecule has 5 nitrogen and oxygen atoms in total. The van der Waals surface area contributed by atoms with Gasteiger partial charge in [-0.15, -0.1) is 0 Å². The molecule has 0 saturated carbocycles. The predicted octanol–water partition coefficient (Wildman–Crippen LogP) is 1.22. The van der Waals surface area contributed by atoms with Crippen LogP contribution in [-0.2, 0) is 9.53 Å². The van der Waals surface area contributed by atoms with E-state index in [1.165, 1.54) is 0 Å². The zero-order valence-corrected chi connectivity index (χ0v) is 10.9. The van der Waals surface area contributed by atoms with E-state index in [0.717, 1.165) is 13.1 Å². The Bertz CT molecular complexity index is 472. The Kier molecular flexibility index (Phi) is 4.50. The molecule has 1 aliphatic rings. The van der Waals surface area contributed by atoms with Gasteiger partial charge >= 0.3 is 0 Å². The first-order valence-corrected chi connectivity index (χ1v) is 6.33. The van der Waals surface area contributed by atoms with Gasteiger partial charge < -0.3 is 10.1 Å². The van der Waals surface area contributed by atoms with Crippen LogP contribution in [0.3, 0.4) is 0 Å². The van der Waals surface area contributed by atoms with Gasteiger partial charge in [-0.1, -0.05) is 0 Å². The number of nitrogens with zero attached hydrogens (tertiary/aromatic N) is 2. The number of rotatable bonds is 3. The van der Waals surface area contributed by atoms with E-state index in [0.29, 0.717) is 24.5 Å². The van der Waals surface area contributed by atoms with Gasteiger partial charge in [0.1, 0.15) is 0 Å². The first-order chi connectivity index (χ1) is 9.20. The normalized spacial score (nSPS) is 17.5. The number of nitrogens with one attached hydrogen (secondary N) is 1. The van der Waals surface area contributed by atoms with Crippen LogP contribution in [0.1, 0.15) is 12.5 Å². The number of ether oxygens (including phenoxy) is 1. The summed E-state index contributed by atoms with van der Waals surface area (Å²) in [6, 6.07) is 8.72. The summed E-state index contributed by atoms with van der Waals surface area (Å²) in [4.78, 5) is 14.2. The predicted molar refractivity (Wildman–Crippen MR) is 71.6 cm³/mol. The van der Waals surface area contributed by atoms with Gasteiger partial charge in [-0.25, -0.2) is 0 Å². The molecule has 0 aromatic heterocycles. The Morgan fingerprint density at radius 1 is 1.37 bits per heavy atom. The summed E-state index contributed by atoms with van der Waals surface area (Å²) in [7, 11) is 0. The van der Waals surface area contributed by atoms with Crippen LogP contribution >= 0.6 is 0 Å². The van der Waals surface area contributed by atoms with Crippen molar-refractivity contribution in [3.63, 3.8) is 0 Å². The number of carbonyl (C=O) groups excluding carboxylic acids is 1. The molecule has 100 valence electrons. The highest BCUT2D eigenvalue weighted by Gasteiger charge is 2.22. The van der Waals surface area contributed by atoms with Gasteiger partial charge in [-0.05, 0) is 31.2 Å². The van der Waals surface area contributed by atoms with Gasteiger partial charge in [0.05, 0.1) is 30.9 Å². The Labute approximate surface area is 112 Å². The summed E-state index contributed by atoms with van der Waals surface area (Å²) in [5, 5.41) is 11.6. The van der Waals surface area contributed by atoms with Gasteiger partial charge in [0, 0.05) is 18.8 Å². The Morgan fingerprint density at radius 3 is 2.58 bits per heavy atom. The van der Waals surface area contributed by atoms with E-state index in [1.54, 1.807) is 24.3 Å². The van der Waals surface area contributed by atoms with E-state index in [4.69, 9.17) is 10.00 Å². The number of morpholine rings is 1. The second-order valence-electron chi connectivity index (χ2n) is 4.50. The molecule has 1 amide bonds. The Morgan fingerprint density at radius 2 is 2.00 bits per heavy atom. The first kappa shape index (κ1) is 13.5. The van der Waals surface area contributed by atoms with Crippen LogP contribution in [0.5, 0.6) is 0 Å². The highest BCUT2D eigenvalue weighted by atomic mass is 16.5. The molecule has 2 rings (SSSR count). The number of hydrogen-bond donors (Lipinski definition) is 1. The second-order valence-corrected chi connectivity index (χ2v) is 4.50. The maximum Gasteiger partial charge on any atom is 0.241 e. The van der Waals surface area contributed by atoms with Crippen LogP contribution in [0.4, 0.5) is 5.69 Å². The molecule has 1 heterocycles. The monoisotopic (exact) mass is 259 g/mol. The lowest BCUT2D eigenvalue weighted by Gasteiger charge is -2.31. The molecule has 19 heavy (non-hydrogen) atoms. The van der Waals surface area contributed by atoms with Gasteiger partial charge in [-0.2, -0.15) is 5.26 Å². The lowest BCUT2D eigenvalue weighted by molar-refractivity contribution is -0.122. The summed E-state index contributed by atoms with van der Waals surface area (Å²) in [5.74, 6) is -0.0355. The SMILES string of the molecule is CC(C(=O)Nc1ccc(C#N)cc1)N1CCOCC1. The maximum atomic E-state index is 12.1. The Hall–Kier alpha value is -1.90. The fraction of sp³-hybridized carbons (Fsp3) is 0.429. The molecular weight excluding hydrogens is 242 g/mol. The molecule has 1 aromatic carbocycles. The molecule has 0 aliphatic carbocycles. The molecule has 1 aromatic rings. The average molecular weight is 259 g/mol. The van der Waals surface area contributed by atoms with Crippen LogP contribution < -0.4 is 5.32 Å². The zero-order chi connectivity index (χ0) is 13.7. The smallest absolute Gasteiger partial charge is 0.241 e. The molecule has 1 N–H and O–H groups in total. The van der Waals surface area contributed by atoms with Crippen LogP contribution in [0, 0.1) is 11.3 Å². The highest BCUT2D eigenvalue weighted by Crippen LogP contribution is 2.11. The Balaban J connectivity index is 1.93. The average Bonchev–Trinajstić information content (AvgIpc) is 2.48. The minimum Gasteiger partial charge on any atom is -0.379 e. The molecule has 5 heteroatoms. The van der Waals surface area contributed by atoms with Crippen LogP contribution in [-0.4, -0.2) is 43.2 Å². The second kappa shape index (κ2) is 6.32. The van der Waals surface area contributed by atoms with E-state index in [1.807, 2.05) is 13.0 Å². The molecule has 0 spiro atoms. The van der Waals surface area contributed by atoms with Gasteiger partial charge in [-0.3, -0.25) is 9.69 Å². The largest absolute Gasteiger partial charge is 0.379 e. The first-order valence-electron chi connectivity index (χ1n) is 6.33. The number of nitriles is 1. The van der Waals surface area contributed by atoms with E-state index >= 15 is 0 Å². The van der Waals surface area contributed by atoms with Crippen molar-refractivity contribution < 1.29 is 9.53 Å². The molecule has 1 fully saturated rings. The third-order valence-electron chi connectivity index (χ3n) is 3.25. The molecule has 1 saturated heterocycles. The molecule has 1 atom stereocenters. The maximum absolute atomic E-state index is 12.1. The molecule has 1 unspecified atom stereocenters. The van der Waals surface area contributed by atoms with Crippen molar-refractivity contribution in [3.05, 3.63) is 29.8 Å². The van der Waals surface area contributed by atoms with Gasteiger partial charge in [0.15, 0.2) is 0 Å². The van der Waals surface area contributed by atoms with E-state index in [9.17, 15) is 4.79 Å². The molecular formula is C14H17N3O2. The summed E-state index contributed by atoms with van der Waals surface area (Å²) < 4.78 is 5.27. The number of carbonyl (C=O) groups is 1. The van der Waals surface area contributed by atoms with Crippen LogP contribution in [0.15, 0.2) is 24.3 Å². The van der Waals surface area contributed by atoms with Crippen molar-refractivity contribution in [2.75, 3.05) is 31.6 Å². The highest BCUT2D eigenvalue weighted by molar-refractivity contribution is 5.94. The summed E-state index contributed by atoms with van der Waals surface area (Å²) >= 11 is 0. The molecule has 1 aliphatic heterocycles. The number of amides is 1. The lowest BCUT2D eigenvalue weighted by Crippen LogP contribution is -2.47. The molecule has 0 radical (unpaired) electrons. The summed E-state index contributed by atoms with van der Waals surface area (Å²) in [5.41, 5.74) is 1.29. The molecule has 0 bridgehead atoms. The van der Waals surface area contributed by atoms with E-state index in [-0.39, 0.29) is 11.9 Å². The zero-order valence-electron chi connectivity index (χ0n) is 10.9. The van der Waals surface area contributed by atoms with Crippen LogP contribution in [0.25, 0.3) is 0 Å². The van der Waals surface area contributed by atoms with Crippen molar-refractivity contribution in [1.29, 1.82) is 5.26 Å². The minimum absolute atomic E-state index is 0.0355. The fourth-order valence-corrected chi connectivity index (χ4v) is 2.01. The van der Waals surface area contributed by atoms with Crippen molar-refractivity contribution >= 4 is 11.6 Å². The number of benzene rings is 1. The minimum atomic E-state index is -0.181. The topological polar surface area (TPSA) is 65.4 Å². The third-order valence-corrected chi connectivity index (χ3v) is 3.25. The van der Waals surface area contributed by atoms with Crippen LogP contribution in [0.2, 0.25) is 0 Å². The number of anilines is 1. The lowest BCUT2D eigenvalue weighted by atomic mass is 10.2. The third kappa shape index (κ3) is 3.53. The van der Waals surface area contributed by atoms with Gasteiger partial charge in [0.25, 0.3) is 0 Å². The van der Waals surface area contributed by atoms with Crippen molar-refractivity contribution in [2.45, 2.75) is 13.0 Å². The van der Waals surface area contributed by atoms with E-state index < -0.39 is 0 Å². The quantitative estimate of drug-likeness (QED) is 0.886. The fourth-order valence-electron chi connectivity index (χ4n) is 2.01. The van der Waals surface area contributed by atoms with Crippen molar-refractivity contribution in [3.8, 4) is 6.07 Å². The standard InChI is InChI=1S/C14H17N3O2/c1-11(17-6-8-19-9-7-17)14(18)16-13-4-2-12(10-15)3-5-13/h2-5,11H,6-9H2,1H3,(H,16,18). The van der Waals surface area contributed by atoms with E-state index in [2.05, 4.69) is 10.2 Å².